The number of nitrogens with zero attached hydrogens (tertiary/aromatic N) is 1. The maximum atomic E-state index is 11.7. The van der Waals surface area contributed by atoms with Crippen LogP contribution in [0, 0.1) is 0 Å². The van der Waals surface area contributed by atoms with Crippen LogP contribution < -0.4 is 14.8 Å². The van der Waals surface area contributed by atoms with Gasteiger partial charge in [-0.1, -0.05) is 6.07 Å². The van der Waals surface area contributed by atoms with Crippen LogP contribution in [0.1, 0.15) is 10.4 Å². The molecule has 104 valence electrons. The summed E-state index contributed by atoms with van der Waals surface area (Å²) >= 11 is 0. The molecule has 20 heavy (non-hydrogen) atoms. The van der Waals surface area contributed by atoms with E-state index in [4.69, 9.17) is 9.47 Å². The molecule has 1 N–H and O–H groups in total. The molecule has 0 spiro atoms. The molecule has 0 saturated carbocycles. The molecule has 0 bridgehead atoms. The topological polar surface area (TPSA) is 60.5 Å². The first-order valence-electron chi connectivity index (χ1n) is 6.24. The Kier molecular flexibility index (Phi) is 4.94. The molecule has 0 saturated heterocycles. The van der Waals surface area contributed by atoms with Crippen LogP contribution in [-0.2, 0) is 0 Å². The van der Waals surface area contributed by atoms with Crippen LogP contribution in [0.2, 0.25) is 0 Å². The second kappa shape index (κ2) is 7.13. The summed E-state index contributed by atoms with van der Waals surface area (Å²) in [6, 6.07) is 10.8. The number of methoxy groups -OCH3 is 1. The number of hydrogen-bond donors (Lipinski definition) is 1. The summed E-state index contributed by atoms with van der Waals surface area (Å²) in [6.07, 6.45) is 3.15. The lowest BCUT2D eigenvalue weighted by Crippen LogP contribution is -2.28. The monoisotopic (exact) mass is 272 g/mol. The van der Waals surface area contributed by atoms with Crippen molar-refractivity contribution in [1.82, 2.24) is 10.3 Å². The van der Waals surface area contributed by atoms with Crippen LogP contribution >= 0.6 is 0 Å². The molecule has 0 atom stereocenters. The normalized spacial score (nSPS) is 9.85. The molecule has 5 heteroatoms. The minimum atomic E-state index is -0.160. The third kappa shape index (κ3) is 3.98. The van der Waals surface area contributed by atoms with Crippen molar-refractivity contribution in [2.24, 2.45) is 0 Å². The van der Waals surface area contributed by atoms with Crippen molar-refractivity contribution in [1.29, 1.82) is 0 Å². The van der Waals surface area contributed by atoms with Crippen LogP contribution in [0.5, 0.6) is 11.5 Å². The minimum absolute atomic E-state index is 0.160. The van der Waals surface area contributed by atoms with Crippen molar-refractivity contribution in [3.63, 3.8) is 0 Å². The maximum Gasteiger partial charge on any atom is 0.252 e. The number of pyridine rings is 1. The van der Waals surface area contributed by atoms with Crippen molar-refractivity contribution in [2.75, 3.05) is 20.3 Å². The summed E-state index contributed by atoms with van der Waals surface area (Å²) in [7, 11) is 1.60. The number of carbonyl (C=O) groups excluding carboxylic acids is 1. The van der Waals surface area contributed by atoms with Crippen LogP contribution in [0.15, 0.2) is 48.8 Å². The van der Waals surface area contributed by atoms with Gasteiger partial charge in [-0.05, 0) is 24.3 Å². The number of carbonyl (C=O) groups is 1. The van der Waals surface area contributed by atoms with E-state index in [1.54, 1.807) is 31.5 Å². The van der Waals surface area contributed by atoms with E-state index >= 15 is 0 Å². The van der Waals surface area contributed by atoms with Gasteiger partial charge in [-0.3, -0.25) is 9.78 Å². The van der Waals surface area contributed by atoms with Gasteiger partial charge in [-0.2, -0.15) is 0 Å². The predicted molar refractivity (Wildman–Crippen MR) is 75.1 cm³/mol. The Balaban J connectivity index is 1.75. The number of ether oxygens (including phenoxy) is 2. The lowest BCUT2D eigenvalue weighted by Gasteiger charge is -2.08. The van der Waals surface area contributed by atoms with E-state index in [0.29, 0.717) is 24.5 Å². The number of aromatic nitrogens is 1. The first kappa shape index (κ1) is 13.9. The largest absolute Gasteiger partial charge is 0.497 e. The molecule has 1 aromatic heterocycles. The Bertz CT molecular complexity index is 558. The molecule has 0 unspecified atom stereocenters. The standard InChI is InChI=1S/C15H16N2O3/c1-19-13-5-2-6-14(10-13)20-9-8-17-15(18)12-4-3-7-16-11-12/h2-7,10-11H,8-9H2,1H3,(H,17,18). The van der Waals surface area contributed by atoms with Crippen LogP contribution in [-0.4, -0.2) is 31.2 Å². The quantitative estimate of drug-likeness (QED) is 0.816. The fourth-order valence-corrected chi connectivity index (χ4v) is 1.62. The van der Waals surface area contributed by atoms with E-state index < -0.39 is 0 Å². The molecule has 0 aliphatic carbocycles. The third-order valence-electron chi connectivity index (χ3n) is 2.62. The predicted octanol–water partition coefficient (Wildman–Crippen LogP) is 1.90. The second-order valence-electron chi connectivity index (χ2n) is 4.03. The Labute approximate surface area is 117 Å². The lowest BCUT2D eigenvalue weighted by molar-refractivity contribution is 0.0946. The zero-order valence-corrected chi connectivity index (χ0v) is 11.2. The fourth-order valence-electron chi connectivity index (χ4n) is 1.62. The summed E-state index contributed by atoms with van der Waals surface area (Å²) in [5, 5.41) is 2.76. The molecule has 1 amide bonds. The van der Waals surface area contributed by atoms with Gasteiger partial charge in [-0.25, -0.2) is 0 Å². The molecule has 5 nitrogen and oxygen atoms in total. The Morgan fingerprint density at radius 2 is 2.10 bits per heavy atom. The van der Waals surface area contributed by atoms with Gasteiger partial charge in [0, 0.05) is 18.5 Å². The summed E-state index contributed by atoms with van der Waals surface area (Å²) in [5.41, 5.74) is 0.536. The Morgan fingerprint density at radius 1 is 1.25 bits per heavy atom. The average Bonchev–Trinajstić information content (AvgIpc) is 2.52. The van der Waals surface area contributed by atoms with Crippen molar-refractivity contribution >= 4 is 5.91 Å². The zero-order chi connectivity index (χ0) is 14.2. The van der Waals surface area contributed by atoms with Crippen molar-refractivity contribution in [2.45, 2.75) is 0 Å². The van der Waals surface area contributed by atoms with Crippen LogP contribution in [0.25, 0.3) is 0 Å². The number of benzene rings is 1. The van der Waals surface area contributed by atoms with E-state index in [0.717, 1.165) is 5.75 Å². The Morgan fingerprint density at radius 3 is 2.85 bits per heavy atom. The van der Waals surface area contributed by atoms with E-state index in [1.807, 2.05) is 18.2 Å². The minimum Gasteiger partial charge on any atom is -0.497 e. The van der Waals surface area contributed by atoms with Gasteiger partial charge in [-0.15, -0.1) is 0 Å². The number of hydrogen-bond acceptors (Lipinski definition) is 4. The highest BCUT2D eigenvalue weighted by atomic mass is 16.5. The van der Waals surface area contributed by atoms with Gasteiger partial charge in [0.1, 0.15) is 18.1 Å². The smallest absolute Gasteiger partial charge is 0.252 e. The zero-order valence-electron chi connectivity index (χ0n) is 11.2. The molecule has 0 radical (unpaired) electrons. The van der Waals surface area contributed by atoms with Crippen molar-refractivity contribution in [3.8, 4) is 11.5 Å². The molecule has 1 aromatic carbocycles. The van der Waals surface area contributed by atoms with E-state index in [1.165, 1.54) is 6.20 Å². The number of nitrogens with one attached hydrogen (secondary N) is 1. The van der Waals surface area contributed by atoms with Gasteiger partial charge < -0.3 is 14.8 Å². The molecule has 0 aliphatic rings. The van der Waals surface area contributed by atoms with Crippen LogP contribution in [0.4, 0.5) is 0 Å². The van der Waals surface area contributed by atoms with Gasteiger partial charge in [0.2, 0.25) is 0 Å². The van der Waals surface area contributed by atoms with Gasteiger partial charge in [0.05, 0.1) is 19.2 Å². The van der Waals surface area contributed by atoms with E-state index in [9.17, 15) is 4.79 Å². The highest BCUT2D eigenvalue weighted by Gasteiger charge is 2.04. The molecule has 1 heterocycles. The number of rotatable bonds is 6. The lowest BCUT2D eigenvalue weighted by atomic mass is 10.3. The highest BCUT2D eigenvalue weighted by Crippen LogP contribution is 2.18. The van der Waals surface area contributed by atoms with Gasteiger partial charge in [0.15, 0.2) is 0 Å². The molecule has 2 rings (SSSR count). The first-order valence-corrected chi connectivity index (χ1v) is 6.24. The molecule has 2 aromatic rings. The molecular weight excluding hydrogens is 256 g/mol. The molecule has 0 aliphatic heterocycles. The highest BCUT2D eigenvalue weighted by molar-refractivity contribution is 5.93. The molecular formula is C15H16N2O3. The van der Waals surface area contributed by atoms with Crippen LogP contribution in [0.3, 0.4) is 0 Å². The third-order valence-corrected chi connectivity index (χ3v) is 2.62. The van der Waals surface area contributed by atoms with Crippen molar-refractivity contribution < 1.29 is 14.3 Å². The summed E-state index contributed by atoms with van der Waals surface area (Å²) in [5.74, 6) is 1.29. The SMILES string of the molecule is COc1cccc(OCCNC(=O)c2cccnc2)c1. The summed E-state index contributed by atoms with van der Waals surface area (Å²) in [6.45, 7) is 0.810. The van der Waals surface area contributed by atoms with Crippen molar-refractivity contribution in [3.05, 3.63) is 54.4 Å². The Hall–Kier alpha value is -2.56. The average molecular weight is 272 g/mol. The summed E-state index contributed by atoms with van der Waals surface area (Å²) < 4.78 is 10.6. The fraction of sp³-hybridized carbons (Fsp3) is 0.200. The van der Waals surface area contributed by atoms with E-state index in [-0.39, 0.29) is 5.91 Å². The van der Waals surface area contributed by atoms with Gasteiger partial charge >= 0.3 is 0 Å². The number of amides is 1. The molecule has 0 fully saturated rings. The maximum absolute atomic E-state index is 11.7. The van der Waals surface area contributed by atoms with E-state index in [2.05, 4.69) is 10.3 Å². The first-order chi connectivity index (χ1) is 9.79. The van der Waals surface area contributed by atoms with Gasteiger partial charge in [0.25, 0.3) is 5.91 Å². The second-order valence-corrected chi connectivity index (χ2v) is 4.03. The summed E-state index contributed by atoms with van der Waals surface area (Å²) in [4.78, 5) is 15.6.